The number of aryl methyl sites for hydroxylation is 1. The van der Waals surface area contributed by atoms with Crippen LogP contribution >= 0.6 is 0 Å². The number of benzene rings is 2. The van der Waals surface area contributed by atoms with Crippen LogP contribution in [0.25, 0.3) is 22.8 Å². The molecule has 2 aliphatic rings. The summed E-state index contributed by atoms with van der Waals surface area (Å²) in [7, 11) is 1.60. The highest BCUT2D eigenvalue weighted by atomic mass is 16.2. The van der Waals surface area contributed by atoms with Crippen molar-refractivity contribution in [1.29, 1.82) is 0 Å². The number of aromatic amines is 1. The summed E-state index contributed by atoms with van der Waals surface area (Å²) in [6.07, 6.45) is 4.26. The number of amides is 3. The average molecular weight is 512 g/mol. The van der Waals surface area contributed by atoms with Gasteiger partial charge in [0.25, 0.3) is 17.7 Å². The molecule has 0 unspecified atom stereocenters. The van der Waals surface area contributed by atoms with Gasteiger partial charge in [-0.25, -0.2) is 0 Å². The molecule has 196 valence electrons. The molecular weight excluding hydrogens is 478 g/mol. The van der Waals surface area contributed by atoms with Crippen molar-refractivity contribution in [1.82, 2.24) is 20.5 Å². The molecule has 0 radical (unpaired) electrons. The van der Waals surface area contributed by atoms with Crippen LogP contribution in [0.5, 0.6) is 0 Å². The Bertz CT molecular complexity index is 1450. The Balaban J connectivity index is 1.46. The predicted molar refractivity (Wildman–Crippen MR) is 150 cm³/mol. The first-order chi connectivity index (χ1) is 18.4. The first-order valence-corrected chi connectivity index (χ1v) is 13.1. The fourth-order valence-electron chi connectivity index (χ4n) is 5.43. The average Bonchev–Trinajstić information content (AvgIpc) is 3.62. The van der Waals surface area contributed by atoms with Crippen LogP contribution in [-0.4, -0.2) is 60.8 Å². The number of nitrogens with zero attached hydrogens (tertiary/aromatic N) is 1. The number of carbonyl (C=O) groups is 3. The molecule has 4 N–H and O–H groups in total. The molecule has 0 atom stereocenters. The van der Waals surface area contributed by atoms with Gasteiger partial charge in [0.1, 0.15) is 0 Å². The molecule has 0 aliphatic carbocycles. The van der Waals surface area contributed by atoms with E-state index in [4.69, 9.17) is 0 Å². The summed E-state index contributed by atoms with van der Waals surface area (Å²) in [5.74, 6) is -0.491. The molecule has 3 amide bonds. The van der Waals surface area contributed by atoms with Crippen LogP contribution in [0.1, 0.15) is 56.1 Å². The van der Waals surface area contributed by atoms with Gasteiger partial charge >= 0.3 is 0 Å². The minimum absolute atomic E-state index is 0.108. The van der Waals surface area contributed by atoms with Crippen molar-refractivity contribution in [3.63, 3.8) is 0 Å². The van der Waals surface area contributed by atoms with E-state index in [2.05, 4.69) is 25.8 Å². The number of anilines is 1. The highest BCUT2D eigenvalue weighted by molar-refractivity contribution is 6.36. The van der Waals surface area contributed by atoms with Gasteiger partial charge in [0.05, 0.1) is 11.1 Å². The van der Waals surface area contributed by atoms with Gasteiger partial charge in [-0.3, -0.25) is 14.4 Å². The lowest BCUT2D eigenvalue weighted by Gasteiger charge is -2.14. The van der Waals surface area contributed by atoms with Gasteiger partial charge in [-0.15, -0.1) is 0 Å². The van der Waals surface area contributed by atoms with Gasteiger partial charge in [0, 0.05) is 48.3 Å². The van der Waals surface area contributed by atoms with Gasteiger partial charge in [-0.1, -0.05) is 24.3 Å². The second-order valence-electron chi connectivity index (χ2n) is 9.87. The van der Waals surface area contributed by atoms with Crippen LogP contribution in [0, 0.1) is 13.8 Å². The van der Waals surface area contributed by atoms with E-state index in [-0.39, 0.29) is 17.7 Å². The van der Waals surface area contributed by atoms with Crippen molar-refractivity contribution in [3.05, 3.63) is 76.1 Å². The molecule has 8 nitrogen and oxygen atoms in total. The Hall–Kier alpha value is -4.17. The third-order valence-electron chi connectivity index (χ3n) is 7.39. The smallest absolute Gasteiger partial charge is 0.256 e. The molecule has 1 fully saturated rings. The largest absolute Gasteiger partial charge is 0.358 e. The number of carbonyl (C=O) groups excluding carboxylic acids is 3. The molecular formula is C30H33N5O3. The molecule has 0 bridgehead atoms. The zero-order chi connectivity index (χ0) is 26.8. The number of hydrogen-bond donors (Lipinski definition) is 4. The zero-order valence-electron chi connectivity index (χ0n) is 22.0. The lowest BCUT2D eigenvalue weighted by molar-refractivity contribution is -0.110. The van der Waals surface area contributed by atoms with Crippen LogP contribution in [0.3, 0.4) is 0 Å². The van der Waals surface area contributed by atoms with E-state index in [1.54, 1.807) is 13.1 Å². The summed E-state index contributed by atoms with van der Waals surface area (Å²) in [4.78, 5) is 44.0. The Morgan fingerprint density at radius 3 is 2.58 bits per heavy atom. The summed E-state index contributed by atoms with van der Waals surface area (Å²) < 4.78 is 0. The van der Waals surface area contributed by atoms with Crippen LogP contribution in [-0.2, 0) is 4.79 Å². The minimum atomic E-state index is -0.210. The van der Waals surface area contributed by atoms with Crippen molar-refractivity contribution in [2.75, 3.05) is 38.5 Å². The number of H-pyrrole nitrogens is 1. The maximum absolute atomic E-state index is 13.1. The van der Waals surface area contributed by atoms with E-state index in [1.807, 2.05) is 56.3 Å². The fraction of sp³-hybridized carbons (Fsp3) is 0.300. The Kier molecular flexibility index (Phi) is 7.15. The van der Waals surface area contributed by atoms with E-state index in [0.29, 0.717) is 28.9 Å². The number of rotatable bonds is 7. The SMILES string of the molecule is CNC(=O)c1cccc(-c2cccc3c2/C(=C/c2[nH]c(C)c(C(=O)NCCN4CCCC4)c2C)C(=O)N3)c1. The van der Waals surface area contributed by atoms with E-state index < -0.39 is 0 Å². The molecule has 1 saturated heterocycles. The normalized spacial score (nSPS) is 16.0. The Labute approximate surface area is 222 Å². The van der Waals surface area contributed by atoms with Crippen LogP contribution < -0.4 is 16.0 Å². The molecule has 2 aromatic carbocycles. The van der Waals surface area contributed by atoms with E-state index >= 15 is 0 Å². The lowest BCUT2D eigenvalue weighted by atomic mass is 9.93. The lowest BCUT2D eigenvalue weighted by Crippen LogP contribution is -2.33. The molecule has 0 spiro atoms. The molecule has 3 heterocycles. The second kappa shape index (κ2) is 10.7. The highest BCUT2D eigenvalue weighted by Gasteiger charge is 2.28. The first-order valence-electron chi connectivity index (χ1n) is 13.1. The Morgan fingerprint density at radius 2 is 1.82 bits per heavy atom. The first kappa shape index (κ1) is 25.5. The van der Waals surface area contributed by atoms with E-state index in [9.17, 15) is 14.4 Å². The maximum atomic E-state index is 13.1. The van der Waals surface area contributed by atoms with Gasteiger partial charge < -0.3 is 25.8 Å². The highest BCUT2D eigenvalue weighted by Crippen LogP contribution is 2.41. The fourth-order valence-corrected chi connectivity index (χ4v) is 5.43. The number of nitrogens with one attached hydrogen (secondary N) is 4. The van der Waals surface area contributed by atoms with Gasteiger partial charge in [0.2, 0.25) is 0 Å². The molecule has 0 saturated carbocycles. The van der Waals surface area contributed by atoms with Crippen molar-refractivity contribution in [2.45, 2.75) is 26.7 Å². The van der Waals surface area contributed by atoms with E-state index in [0.717, 1.165) is 53.3 Å². The number of likely N-dealkylation sites (tertiary alicyclic amines) is 1. The summed E-state index contributed by atoms with van der Waals surface area (Å²) in [6.45, 7) is 7.43. The van der Waals surface area contributed by atoms with Gasteiger partial charge in [-0.05, 0) is 80.7 Å². The summed E-state index contributed by atoms with van der Waals surface area (Å²) >= 11 is 0. The second-order valence-corrected chi connectivity index (χ2v) is 9.87. The van der Waals surface area contributed by atoms with Crippen LogP contribution in [0.2, 0.25) is 0 Å². The maximum Gasteiger partial charge on any atom is 0.256 e. The molecule has 3 aromatic rings. The van der Waals surface area contributed by atoms with Crippen molar-refractivity contribution >= 4 is 35.1 Å². The van der Waals surface area contributed by atoms with E-state index in [1.165, 1.54) is 12.8 Å². The monoisotopic (exact) mass is 511 g/mol. The molecule has 1 aromatic heterocycles. The topological polar surface area (TPSA) is 106 Å². The summed E-state index contributed by atoms with van der Waals surface area (Å²) in [6, 6.07) is 13.0. The standard InChI is InChI=1S/C30H33N5O3/c1-18-25(33-19(2)26(18)30(38)32-12-15-35-13-4-5-14-35)17-23-27-22(10-7-11-24(27)34-29(23)37)20-8-6-9-21(16-20)28(36)31-3/h6-11,16-17,33H,4-5,12-15H2,1-3H3,(H,31,36)(H,32,38)(H,34,37)/b23-17-. The number of fused-ring (bicyclic) bond motifs is 1. The molecule has 38 heavy (non-hydrogen) atoms. The molecule has 2 aliphatic heterocycles. The Morgan fingerprint density at radius 1 is 1.05 bits per heavy atom. The number of hydrogen-bond acceptors (Lipinski definition) is 4. The van der Waals surface area contributed by atoms with Crippen LogP contribution in [0.15, 0.2) is 42.5 Å². The van der Waals surface area contributed by atoms with Gasteiger partial charge in [-0.2, -0.15) is 0 Å². The molecule has 8 heteroatoms. The zero-order valence-corrected chi connectivity index (χ0v) is 22.0. The third-order valence-corrected chi connectivity index (χ3v) is 7.39. The number of aromatic nitrogens is 1. The van der Waals surface area contributed by atoms with Crippen molar-refractivity contribution in [3.8, 4) is 11.1 Å². The van der Waals surface area contributed by atoms with Gasteiger partial charge in [0.15, 0.2) is 0 Å². The van der Waals surface area contributed by atoms with Crippen molar-refractivity contribution in [2.24, 2.45) is 0 Å². The minimum Gasteiger partial charge on any atom is -0.358 e. The summed E-state index contributed by atoms with van der Waals surface area (Å²) in [5, 5.41) is 8.67. The van der Waals surface area contributed by atoms with Crippen molar-refractivity contribution < 1.29 is 14.4 Å². The predicted octanol–water partition coefficient (Wildman–Crippen LogP) is 3.98. The van der Waals surface area contributed by atoms with Crippen LogP contribution in [0.4, 0.5) is 5.69 Å². The third kappa shape index (κ3) is 4.87. The quantitative estimate of drug-likeness (QED) is 0.360. The summed E-state index contributed by atoms with van der Waals surface area (Å²) in [5.41, 5.74) is 7.11. The molecule has 5 rings (SSSR count).